The van der Waals surface area contributed by atoms with E-state index in [9.17, 15) is 14.3 Å². The number of alkyl halides is 1. The number of imidazole rings is 1. The van der Waals surface area contributed by atoms with Gasteiger partial charge < -0.3 is 20.7 Å². The Kier molecular flexibility index (Phi) is 3.16. The Bertz CT molecular complexity index is 747. The lowest BCUT2D eigenvalue weighted by Crippen LogP contribution is -2.39. The van der Waals surface area contributed by atoms with Crippen LogP contribution in [0.25, 0.3) is 11.2 Å². The number of rotatable bonds is 2. The molecule has 1 aliphatic heterocycles. The Hall–Kier alpha value is -1.69. The summed E-state index contributed by atoms with van der Waals surface area (Å²) in [5.41, 5.74) is 4.72. The van der Waals surface area contributed by atoms with Crippen LogP contribution < -0.4 is 11.3 Å². The highest BCUT2D eigenvalue weighted by Gasteiger charge is 2.56. The maximum absolute atomic E-state index is 14.4. The number of hydrogen-bond donors (Lipinski definition) is 5. The molecule has 0 saturated carbocycles. The molecule has 0 bridgehead atoms. The van der Waals surface area contributed by atoms with E-state index in [1.165, 1.54) is 0 Å². The predicted molar refractivity (Wildman–Crippen MR) is 72.4 cm³/mol. The third-order valence-electron chi connectivity index (χ3n) is 3.30. The number of anilines is 1. The number of nitrogens with one attached hydrogen (secondary N) is 1. The Morgan fingerprint density at radius 2 is 2.38 bits per heavy atom. The zero-order chi connectivity index (χ0) is 15.4. The molecule has 21 heavy (non-hydrogen) atoms. The predicted octanol–water partition coefficient (Wildman–Crippen LogP) is -1.45. The number of fused-ring (bicyclic) bond motifs is 1. The van der Waals surface area contributed by atoms with Gasteiger partial charge in [0.2, 0.25) is 5.95 Å². The first kappa shape index (κ1) is 14.3. The van der Waals surface area contributed by atoms with Gasteiger partial charge in [-0.05, 0) is 0 Å². The van der Waals surface area contributed by atoms with Crippen molar-refractivity contribution in [2.75, 3.05) is 12.3 Å². The van der Waals surface area contributed by atoms with Crippen LogP contribution in [-0.2, 0) is 4.74 Å². The van der Waals surface area contributed by atoms with Gasteiger partial charge in [0.25, 0.3) is 11.4 Å². The number of aliphatic hydroxyl groups excluding tert-OH is 1. The number of H-pyrrole nitrogens is 1. The second-order valence-electron chi connectivity index (χ2n) is 4.66. The summed E-state index contributed by atoms with van der Waals surface area (Å²) in [4.78, 5) is 21.6. The molecule has 11 heteroatoms. The van der Waals surface area contributed by atoms with Gasteiger partial charge in [-0.1, -0.05) is 0 Å². The number of aromatic amines is 1. The van der Waals surface area contributed by atoms with E-state index in [0.717, 1.165) is 10.9 Å². The minimum absolute atomic E-state index is 0.0450. The quantitative estimate of drug-likeness (QED) is 0.427. The molecule has 1 saturated heterocycles. The lowest BCUT2D eigenvalue weighted by atomic mass is 10.1. The number of halogens is 1. The normalized spacial score (nSPS) is 32.9. The second kappa shape index (κ2) is 4.66. The highest BCUT2D eigenvalue weighted by Crippen LogP contribution is 2.42. The van der Waals surface area contributed by atoms with Crippen LogP contribution in [-0.4, -0.2) is 53.5 Å². The van der Waals surface area contributed by atoms with Crippen LogP contribution in [0, 0.1) is 0 Å². The lowest BCUT2D eigenvalue weighted by molar-refractivity contribution is -0.164. The fourth-order valence-electron chi connectivity index (χ4n) is 2.26. The molecule has 0 amide bonds. The number of nitrogen functional groups attached to an aromatic ring is 1. The molecule has 3 rings (SSSR count). The van der Waals surface area contributed by atoms with E-state index in [-0.39, 0.29) is 17.1 Å². The van der Waals surface area contributed by atoms with E-state index in [0.29, 0.717) is 0 Å². The zero-order valence-electron chi connectivity index (χ0n) is 10.5. The average molecular weight is 317 g/mol. The monoisotopic (exact) mass is 317 g/mol. The van der Waals surface area contributed by atoms with Crippen molar-refractivity contribution in [3.8, 4) is 0 Å². The van der Waals surface area contributed by atoms with Crippen molar-refractivity contribution < 1.29 is 19.3 Å². The van der Waals surface area contributed by atoms with Crippen LogP contribution in [0.3, 0.4) is 0 Å². The van der Waals surface area contributed by atoms with E-state index in [1.54, 1.807) is 0 Å². The van der Waals surface area contributed by atoms with E-state index >= 15 is 0 Å². The number of ether oxygens (including phenoxy) is 1. The van der Waals surface area contributed by atoms with Gasteiger partial charge in [-0.15, -0.1) is 0 Å². The minimum atomic E-state index is -2.89. The Labute approximate surface area is 122 Å². The summed E-state index contributed by atoms with van der Waals surface area (Å²) in [5.74, 6) is -3.07. The fraction of sp³-hybridized carbons (Fsp3) is 0.500. The fourth-order valence-corrected chi connectivity index (χ4v) is 2.55. The summed E-state index contributed by atoms with van der Waals surface area (Å²) < 4.78 is 20.7. The van der Waals surface area contributed by atoms with E-state index in [4.69, 9.17) is 15.6 Å². The van der Waals surface area contributed by atoms with Gasteiger partial charge >= 0.3 is 0 Å². The molecule has 9 nitrogen and oxygen atoms in total. The first-order chi connectivity index (χ1) is 9.86. The van der Waals surface area contributed by atoms with Crippen molar-refractivity contribution >= 4 is 29.7 Å². The van der Waals surface area contributed by atoms with Crippen LogP contribution in [0.15, 0.2) is 11.1 Å². The summed E-state index contributed by atoms with van der Waals surface area (Å²) in [7, 11) is 0. The minimum Gasteiger partial charge on any atom is -0.394 e. The highest BCUT2D eigenvalue weighted by molar-refractivity contribution is 7.81. The van der Waals surface area contributed by atoms with Crippen molar-refractivity contribution in [2.45, 2.75) is 23.4 Å². The lowest BCUT2D eigenvalue weighted by Gasteiger charge is -2.23. The molecule has 0 spiro atoms. The van der Waals surface area contributed by atoms with Gasteiger partial charge in [0.05, 0.1) is 18.2 Å². The highest BCUT2D eigenvalue weighted by atomic mass is 32.1. The summed E-state index contributed by atoms with van der Waals surface area (Å²) in [6, 6.07) is 0. The molecule has 0 aliphatic carbocycles. The Morgan fingerprint density at radius 3 is 3.00 bits per heavy atom. The second-order valence-corrected chi connectivity index (χ2v) is 5.21. The molecule has 0 unspecified atom stereocenters. The van der Waals surface area contributed by atoms with Crippen molar-refractivity contribution in [3.63, 3.8) is 0 Å². The molecule has 2 aromatic rings. The molecule has 114 valence electrons. The number of hydrogen-bond acceptors (Lipinski definition) is 8. The Balaban J connectivity index is 2.15. The molecular formula is C10H12FN5O4S. The van der Waals surface area contributed by atoms with Crippen molar-refractivity contribution in [1.29, 1.82) is 0 Å². The van der Waals surface area contributed by atoms with Crippen LogP contribution in [0.4, 0.5) is 10.3 Å². The van der Waals surface area contributed by atoms with Crippen molar-refractivity contribution in [2.24, 2.45) is 0 Å². The van der Waals surface area contributed by atoms with Crippen molar-refractivity contribution in [3.05, 3.63) is 16.7 Å². The molecule has 3 heterocycles. The van der Waals surface area contributed by atoms with E-state index in [1.807, 2.05) is 0 Å². The van der Waals surface area contributed by atoms with Crippen LogP contribution in [0.2, 0.25) is 0 Å². The van der Waals surface area contributed by atoms with E-state index < -0.39 is 35.6 Å². The summed E-state index contributed by atoms with van der Waals surface area (Å²) in [6.45, 7) is -0.528. The Morgan fingerprint density at radius 1 is 1.67 bits per heavy atom. The summed E-state index contributed by atoms with van der Waals surface area (Å²) in [5, 5.41) is 17.8. The number of thiol groups is 1. The molecule has 1 aliphatic rings. The first-order valence-electron chi connectivity index (χ1n) is 5.94. The van der Waals surface area contributed by atoms with Crippen LogP contribution in [0.5, 0.6) is 0 Å². The maximum atomic E-state index is 14.4. The maximum Gasteiger partial charge on any atom is 0.280 e. The third-order valence-corrected chi connectivity index (χ3v) is 3.99. The number of nitrogens with two attached hydrogens (primary N) is 1. The van der Waals surface area contributed by atoms with E-state index in [2.05, 4.69) is 27.6 Å². The molecule has 2 aromatic heterocycles. The number of aliphatic hydroxyl groups is 2. The average Bonchev–Trinajstić information content (AvgIpc) is 2.91. The largest absolute Gasteiger partial charge is 0.394 e. The molecule has 1 fully saturated rings. The third kappa shape index (κ3) is 2.00. The molecular weight excluding hydrogens is 305 g/mol. The van der Waals surface area contributed by atoms with Gasteiger partial charge in [0.15, 0.2) is 17.4 Å². The smallest absolute Gasteiger partial charge is 0.280 e. The number of aromatic nitrogens is 4. The van der Waals surface area contributed by atoms with Crippen molar-refractivity contribution in [1.82, 2.24) is 19.5 Å². The van der Waals surface area contributed by atoms with Gasteiger partial charge in [0.1, 0.15) is 6.10 Å². The standard InChI is InChI=1S/C10H12FN5O4S/c11-10(19)5(21)3(1-17)20-8(10)16-2-13-4-6(16)14-9(12)15-7(4)18/h2-3,5,8,17,19,21H,1H2,(H3,12,14,15,18)/t3-,5-,8-,10-/m1/s1. The van der Waals surface area contributed by atoms with Crippen LogP contribution >= 0.6 is 12.6 Å². The molecule has 5 N–H and O–H groups in total. The summed E-state index contributed by atoms with van der Waals surface area (Å²) >= 11 is 3.92. The molecule has 4 atom stereocenters. The van der Waals surface area contributed by atoms with Gasteiger partial charge in [-0.3, -0.25) is 14.3 Å². The topological polar surface area (TPSA) is 139 Å². The van der Waals surface area contributed by atoms with Gasteiger partial charge in [0, 0.05) is 0 Å². The molecule has 0 aromatic carbocycles. The van der Waals surface area contributed by atoms with Gasteiger partial charge in [-0.25, -0.2) is 9.37 Å². The number of nitrogens with zero attached hydrogens (tertiary/aromatic N) is 3. The van der Waals surface area contributed by atoms with Gasteiger partial charge in [-0.2, -0.15) is 17.6 Å². The van der Waals surface area contributed by atoms with Crippen LogP contribution in [0.1, 0.15) is 6.23 Å². The molecule has 0 radical (unpaired) electrons. The first-order valence-corrected chi connectivity index (χ1v) is 6.46. The zero-order valence-corrected chi connectivity index (χ0v) is 11.4. The SMILES string of the molecule is Nc1nc2c(ncn2[C@@H]2O[C@H](CO)[C@@H](S)[C@]2(O)F)c(=O)[nH]1. The summed E-state index contributed by atoms with van der Waals surface area (Å²) in [6.07, 6.45) is -1.48.